The topological polar surface area (TPSA) is 97.0 Å². The molecule has 52 heavy (non-hydrogen) atoms. The number of nitrogens with one attached hydrogen (secondary N) is 3. The molecule has 4 aromatic rings. The number of rotatable bonds is 9. The van der Waals surface area contributed by atoms with E-state index in [1.807, 2.05) is 41.3 Å². The predicted octanol–water partition coefficient (Wildman–Crippen LogP) is 7.62. The molecule has 3 aliphatic heterocycles. The molecule has 7 rings (SSSR count). The number of carbonyl (C=O) groups excluding carboxylic acids is 3. The second-order valence-corrected chi connectivity index (χ2v) is 14.9. The Bertz CT molecular complexity index is 1930. The third-order valence-corrected chi connectivity index (χ3v) is 11.0. The van der Waals surface area contributed by atoms with Gasteiger partial charge in [0, 0.05) is 72.8 Å². The van der Waals surface area contributed by atoms with Crippen molar-refractivity contribution in [3.05, 3.63) is 107 Å². The summed E-state index contributed by atoms with van der Waals surface area (Å²) in [4.78, 5) is 43.3. The van der Waals surface area contributed by atoms with Gasteiger partial charge < -0.3 is 20.4 Å². The molecule has 3 amide bonds. The minimum absolute atomic E-state index is 0.0545. The maximum Gasteiger partial charge on any atom is 0.249 e. The first-order valence-electron chi connectivity index (χ1n) is 18.3. The fraction of sp³-hybridized carbons (Fsp3) is 0.357. The molecule has 0 spiro atoms. The van der Waals surface area contributed by atoms with Crippen molar-refractivity contribution in [1.82, 2.24) is 10.2 Å². The molecule has 3 unspecified atom stereocenters. The Morgan fingerprint density at radius 3 is 2.29 bits per heavy atom. The lowest BCUT2D eigenvalue weighted by Crippen LogP contribution is -2.47. The van der Waals surface area contributed by atoms with E-state index >= 15 is 0 Å². The lowest BCUT2D eigenvalue weighted by atomic mass is 9.89. The van der Waals surface area contributed by atoms with Crippen LogP contribution in [0.2, 0.25) is 5.02 Å². The van der Waals surface area contributed by atoms with Crippen LogP contribution in [0.15, 0.2) is 91.0 Å². The second kappa shape index (κ2) is 15.4. The maximum absolute atomic E-state index is 12.7. The van der Waals surface area contributed by atoms with Gasteiger partial charge >= 0.3 is 0 Å². The summed E-state index contributed by atoms with van der Waals surface area (Å²) in [5.74, 6) is -0.407. The number of nitrogens with zero attached hydrogens (tertiary/aromatic N) is 3. The average molecular weight is 719 g/mol. The van der Waals surface area contributed by atoms with Crippen LogP contribution >= 0.6 is 11.6 Å². The van der Waals surface area contributed by atoms with Gasteiger partial charge in [-0.1, -0.05) is 41.9 Å². The third kappa shape index (κ3) is 7.96. The van der Waals surface area contributed by atoms with Gasteiger partial charge in [-0.15, -0.1) is 0 Å². The van der Waals surface area contributed by atoms with Gasteiger partial charge in [0.1, 0.15) is 6.04 Å². The normalized spacial score (nSPS) is 20.8. The average Bonchev–Trinajstić information content (AvgIpc) is 3.14. The standard InChI is InChI=1S/C42H47ClN6O3/c1-27-23-39(44-33-12-10-32(43)11-13-33)37-25-31(9-17-40(37)49(27)28(2)50)30-7-14-36(15-8-30)48-21-19-35(20-22-48)47(3)26-29-5-4-6-34(24-29)45-38-16-18-41(51)46-42(38)52/h4-15,17,24-25,27,35,38-39,44-45H,16,18-23,26H2,1-3H3,(H,46,51,52). The first-order valence-corrected chi connectivity index (χ1v) is 18.7. The Hall–Kier alpha value is -4.86. The van der Waals surface area contributed by atoms with E-state index in [1.165, 1.54) is 11.3 Å². The number of amides is 3. The number of hydrogen-bond acceptors (Lipinski definition) is 7. The van der Waals surface area contributed by atoms with Crippen molar-refractivity contribution >= 4 is 52.1 Å². The summed E-state index contributed by atoms with van der Waals surface area (Å²) >= 11 is 6.15. The van der Waals surface area contributed by atoms with E-state index in [9.17, 15) is 14.4 Å². The Morgan fingerprint density at radius 1 is 0.865 bits per heavy atom. The van der Waals surface area contributed by atoms with Crippen LogP contribution < -0.4 is 25.8 Å². The molecule has 0 aliphatic carbocycles. The van der Waals surface area contributed by atoms with Crippen LogP contribution in [0.3, 0.4) is 0 Å². The highest BCUT2D eigenvalue weighted by Gasteiger charge is 2.33. The van der Waals surface area contributed by atoms with Crippen molar-refractivity contribution in [2.24, 2.45) is 0 Å². The molecule has 9 nitrogen and oxygen atoms in total. The van der Waals surface area contributed by atoms with Gasteiger partial charge in [0.2, 0.25) is 17.7 Å². The summed E-state index contributed by atoms with van der Waals surface area (Å²) in [7, 11) is 2.19. The number of halogens is 1. The first-order chi connectivity index (χ1) is 25.1. The monoisotopic (exact) mass is 718 g/mol. The molecule has 0 radical (unpaired) electrons. The molecule has 10 heteroatoms. The van der Waals surface area contributed by atoms with E-state index in [-0.39, 0.29) is 35.8 Å². The SMILES string of the molecule is CC(=O)N1c2ccc(-c3ccc(N4CCC(N(C)Cc5cccc(NC6CCC(=O)NC6=O)c5)CC4)cc3)cc2C(Nc2ccc(Cl)cc2)CC1C. The van der Waals surface area contributed by atoms with E-state index in [0.29, 0.717) is 23.9 Å². The molecule has 0 saturated carbocycles. The van der Waals surface area contributed by atoms with Gasteiger partial charge in [0.25, 0.3) is 0 Å². The molecular formula is C42H47ClN6O3. The number of hydrogen-bond donors (Lipinski definition) is 3. The fourth-order valence-corrected chi connectivity index (χ4v) is 8.17. The van der Waals surface area contributed by atoms with Crippen molar-refractivity contribution in [3.8, 4) is 11.1 Å². The van der Waals surface area contributed by atoms with Crippen LogP contribution in [0.1, 0.15) is 63.1 Å². The first kappa shape index (κ1) is 35.5. The molecule has 2 fully saturated rings. The van der Waals surface area contributed by atoms with Gasteiger partial charge in [-0.25, -0.2) is 0 Å². The fourth-order valence-electron chi connectivity index (χ4n) is 8.05. The highest BCUT2D eigenvalue weighted by atomic mass is 35.5. The highest BCUT2D eigenvalue weighted by Crippen LogP contribution is 2.41. The van der Waals surface area contributed by atoms with E-state index < -0.39 is 0 Å². The van der Waals surface area contributed by atoms with Crippen LogP contribution in [-0.4, -0.2) is 60.9 Å². The van der Waals surface area contributed by atoms with E-state index in [0.717, 1.165) is 72.6 Å². The smallest absolute Gasteiger partial charge is 0.249 e. The summed E-state index contributed by atoms with van der Waals surface area (Å²) in [5.41, 5.74) is 8.68. The zero-order valence-electron chi connectivity index (χ0n) is 30.1. The van der Waals surface area contributed by atoms with Crippen molar-refractivity contribution in [3.63, 3.8) is 0 Å². The van der Waals surface area contributed by atoms with Gasteiger partial charge in [-0.2, -0.15) is 0 Å². The summed E-state index contributed by atoms with van der Waals surface area (Å²) in [6, 6.07) is 31.6. The Balaban J connectivity index is 0.978. The molecule has 4 aromatic carbocycles. The van der Waals surface area contributed by atoms with Crippen LogP contribution in [0.25, 0.3) is 11.1 Å². The summed E-state index contributed by atoms with van der Waals surface area (Å²) in [6.07, 6.45) is 3.82. The molecule has 2 saturated heterocycles. The molecule has 0 aromatic heterocycles. The highest BCUT2D eigenvalue weighted by molar-refractivity contribution is 6.30. The number of fused-ring (bicyclic) bond motifs is 1. The van der Waals surface area contributed by atoms with Gasteiger partial charge in [0.15, 0.2) is 0 Å². The van der Waals surface area contributed by atoms with Gasteiger partial charge in [-0.05, 0) is 123 Å². The Morgan fingerprint density at radius 2 is 1.58 bits per heavy atom. The lowest BCUT2D eigenvalue weighted by molar-refractivity contribution is -0.133. The molecule has 3 N–H and O–H groups in total. The predicted molar refractivity (Wildman–Crippen MR) is 210 cm³/mol. The van der Waals surface area contributed by atoms with Crippen LogP contribution in [0, 0.1) is 0 Å². The second-order valence-electron chi connectivity index (χ2n) is 14.5. The zero-order valence-corrected chi connectivity index (χ0v) is 30.8. The quantitative estimate of drug-likeness (QED) is 0.153. The van der Waals surface area contributed by atoms with Crippen LogP contribution in [-0.2, 0) is 20.9 Å². The Labute approximate surface area is 311 Å². The Kier molecular flexibility index (Phi) is 10.5. The van der Waals surface area contributed by atoms with Crippen LogP contribution in [0.4, 0.5) is 22.7 Å². The lowest BCUT2D eigenvalue weighted by Gasteiger charge is -2.40. The van der Waals surface area contributed by atoms with E-state index in [4.69, 9.17) is 11.6 Å². The number of benzene rings is 4. The van der Waals surface area contributed by atoms with E-state index in [2.05, 4.69) is 94.3 Å². The van der Waals surface area contributed by atoms with Crippen molar-refractivity contribution in [2.45, 2.75) is 76.7 Å². The summed E-state index contributed by atoms with van der Waals surface area (Å²) in [5, 5.41) is 10.1. The number of carbonyl (C=O) groups is 3. The van der Waals surface area contributed by atoms with Crippen LogP contribution in [0.5, 0.6) is 0 Å². The number of piperidine rings is 2. The molecule has 3 heterocycles. The summed E-state index contributed by atoms with van der Waals surface area (Å²) < 4.78 is 0. The maximum atomic E-state index is 12.7. The van der Waals surface area contributed by atoms with Crippen molar-refractivity contribution in [1.29, 1.82) is 0 Å². The molecule has 0 bridgehead atoms. The van der Waals surface area contributed by atoms with Crippen molar-refractivity contribution in [2.75, 3.05) is 40.6 Å². The number of anilines is 4. The minimum Gasteiger partial charge on any atom is -0.378 e. The largest absolute Gasteiger partial charge is 0.378 e. The third-order valence-electron chi connectivity index (χ3n) is 10.8. The molecule has 3 aliphatic rings. The van der Waals surface area contributed by atoms with E-state index in [1.54, 1.807) is 6.92 Å². The van der Waals surface area contributed by atoms with Crippen molar-refractivity contribution < 1.29 is 14.4 Å². The number of imide groups is 1. The molecular weight excluding hydrogens is 672 g/mol. The minimum atomic E-state index is -0.389. The summed E-state index contributed by atoms with van der Waals surface area (Å²) in [6.45, 7) is 6.55. The zero-order chi connectivity index (χ0) is 36.4. The molecule has 3 atom stereocenters. The van der Waals surface area contributed by atoms with Gasteiger partial charge in [-0.3, -0.25) is 24.6 Å². The van der Waals surface area contributed by atoms with Gasteiger partial charge in [0.05, 0.1) is 6.04 Å². The molecule has 270 valence electrons.